The van der Waals surface area contributed by atoms with Crippen LogP contribution in [-0.2, 0) is 12.8 Å². The Hall–Kier alpha value is -0.340. The van der Waals surface area contributed by atoms with E-state index < -0.39 is 0 Å². The first-order valence-corrected chi connectivity index (χ1v) is 6.93. The molecule has 0 bridgehead atoms. The number of hydrogen-bond acceptors (Lipinski definition) is 2. The normalized spacial score (nSPS) is 30.3. The van der Waals surface area contributed by atoms with Crippen LogP contribution in [0.2, 0.25) is 0 Å². The van der Waals surface area contributed by atoms with Crippen LogP contribution in [0.4, 0.5) is 0 Å². The molecule has 1 heterocycles. The summed E-state index contributed by atoms with van der Waals surface area (Å²) in [7, 11) is 0. The molecule has 0 saturated heterocycles. The van der Waals surface area contributed by atoms with Gasteiger partial charge in [-0.3, -0.25) is 0 Å². The van der Waals surface area contributed by atoms with Crippen molar-refractivity contribution in [2.45, 2.75) is 51.6 Å². The third-order valence-corrected chi connectivity index (χ3v) is 5.19. The van der Waals surface area contributed by atoms with E-state index in [9.17, 15) is 0 Å². The fraction of sp³-hybridized carbons (Fsp3) is 0.692. The smallest absolute Gasteiger partial charge is 0.0388 e. The molecule has 1 fully saturated rings. The number of aryl methyl sites for hydroxylation is 2. The molecule has 0 aromatic carbocycles. The average molecular weight is 221 g/mol. The van der Waals surface area contributed by atoms with E-state index in [-0.39, 0.29) is 0 Å². The van der Waals surface area contributed by atoms with Gasteiger partial charge in [0.25, 0.3) is 0 Å². The van der Waals surface area contributed by atoms with E-state index in [0.717, 1.165) is 12.0 Å². The summed E-state index contributed by atoms with van der Waals surface area (Å²) in [6, 6.07) is 3.80. The molecule has 2 aliphatic carbocycles. The fourth-order valence-electron chi connectivity index (χ4n) is 2.52. The Morgan fingerprint density at radius 1 is 1.47 bits per heavy atom. The monoisotopic (exact) mass is 221 g/mol. The molecule has 1 nitrogen and oxygen atoms in total. The minimum atomic E-state index is 0.565. The van der Waals surface area contributed by atoms with Gasteiger partial charge in [-0.15, -0.1) is 11.3 Å². The van der Waals surface area contributed by atoms with E-state index in [4.69, 9.17) is 0 Å². The summed E-state index contributed by atoms with van der Waals surface area (Å²) in [5, 5.41) is 3.72. The van der Waals surface area contributed by atoms with Gasteiger partial charge in [0, 0.05) is 21.8 Å². The van der Waals surface area contributed by atoms with Gasteiger partial charge >= 0.3 is 0 Å². The number of thiophene rings is 1. The van der Waals surface area contributed by atoms with E-state index in [1.165, 1.54) is 25.7 Å². The van der Waals surface area contributed by atoms with Crippen molar-refractivity contribution in [2.24, 2.45) is 5.92 Å². The summed E-state index contributed by atoms with van der Waals surface area (Å²) in [5.41, 5.74) is 1.63. The topological polar surface area (TPSA) is 12.0 Å². The zero-order valence-electron chi connectivity index (χ0n) is 9.55. The lowest BCUT2D eigenvalue weighted by atomic mass is 10.2. The van der Waals surface area contributed by atoms with Crippen molar-refractivity contribution < 1.29 is 0 Å². The molecule has 3 atom stereocenters. The van der Waals surface area contributed by atoms with Crippen LogP contribution in [0, 0.1) is 5.92 Å². The Morgan fingerprint density at radius 2 is 2.27 bits per heavy atom. The van der Waals surface area contributed by atoms with Gasteiger partial charge in [0.1, 0.15) is 0 Å². The van der Waals surface area contributed by atoms with Gasteiger partial charge < -0.3 is 5.32 Å². The van der Waals surface area contributed by atoms with E-state index in [0.29, 0.717) is 6.04 Å². The third kappa shape index (κ3) is 1.85. The first-order chi connectivity index (χ1) is 7.24. The van der Waals surface area contributed by atoms with Crippen LogP contribution in [0.15, 0.2) is 6.07 Å². The number of hydrogen-bond donors (Lipinski definition) is 1. The Bertz CT molecular complexity index is 347. The molecule has 82 valence electrons. The van der Waals surface area contributed by atoms with Gasteiger partial charge in [-0.2, -0.15) is 0 Å². The van der Waals surface area contributed by atoms with Crippen LogP contribution in [0.1, 0.15) is 48.0 Å². The van der Waals surface area contributed by atoms with Crippen molar-refractivity contribution in [1.29, 1.82) is 0 Å². The maximum Gasteiger partial charge on any atom is 0.0388 e. The Balaban J connectivity index is 1.69. The first kappa shape index (κ1) is 9.86. The molecule has 1 aromatic heterocycles. The number of fused-ring (bicyclic) bond motifs is 1. The summed E-state index contributed by atoms with van der Waals surface area (Å²) in [6.07, 6.45) is 5.39. The molecule has 1 N–H and O–H groups in total. The molecular formula is C13H19NS. The van der Waals surface area contributed by atoms with Crippen LogP contribution >= 0.6 is 11.3 Å². The van der Waals surface area contributed by atoms with Crippen LogP contribution in [-0.4, -0.2) is 6.04 Å². The summed E-state index contributed by atoms with van der Waals surface area (Å²) < 4.78 is 0. The van der Waals surface area contributed by atoms with E-state index in [2.05, 4.69) is 25.2 Å². The highest BCUT2D eigenvalue weighted by Crippen LogP contribution is 2.36. The van der Waals surface area contributed by atoms with Crippen molar-refractivity contribution >= 4 is 11.3 Å². The van der Waals surface area contributed by atoms with Crippen molar-refractivity contribution in [3.05, 3.63) is 21.4 Å². The average Bonchev–Trinajstić information content (AvgIpc) is 2.66. The maximum absolute atomic E-state index is 3.72. The second kappa shape index (κ2) is 3.60. The largest absolute Gasteiger partial charge is 0.306 e. The van der Waals surface area contributed by atoms with Crippen LogP contribution in [0.5, 0.6) is 0 Å². The highest BCUT2D eigenvalue weighted by Gasteiger charge is 2.33. The van der Waals surface area contributed by atoms with Crippen molar-refractivity contribution in [3.63, 3.8) is 0 Å². The molecule has 0 amide bonds. The fourth-order valence-corrected chi connectivity index (χ4v) is 3.79. The van der Waals surface area contributed by atoms with Crippen molar-refractivity contribution in [3.8, 4) is 0 Å². The summed E-state index contributed by atoms with van der Waals surface area (Å²) >= 11 is 2.04. The Kier molecular flexibility index (Phi) is 2.37. The highest BCUT2D eigenvalue weighted by atomic mass is 32.1. The zero-order chi connectivity index (χ0) is 10.4. The minimum absolute atomic E-state index is 0.565. The third-order valence-electron chi connectivity index (χ3n) is 3.77. The van der Waals surface area contributed by atoms with E-state index in [1.807, 2.05) is 11.3 Å². The van der Waals surface area contributed by atoms with Crippen molar-refractivity contribution in [2.75, 3.05) is 0 Å². The molecule has 3 rings (SSSR count). The SMILES string of the molecule is CC(NC1CC1C)c1cc2c(s1)CCC2. The molecule has 2 aliphatic rings. The van der Waals surface area contributed by atoms with Gasteiger partial charge in [-0.1, -0.05) is 6.92 Å². The molecule has 0 aliphatic heterocycles. The molecule has 15 heavy (non-hydrogen) atoms. The van der Waals surface area contributed by atoms with E-state index in [1.54, 1.807) is 15.3 Å². The predicted octanol–water partition coefficient (Wildman–Crippen LogP) is 3.30. The summed E-state index contributed by atoms with van der Waals surface area (Å²) in [6.45, 7) is 4.64. The van der Waals surface area contributed by atoms with Gasteiger partial charge in [-0.05, 0) is 50.2 Å². The number of nitrogens with one attached hydrogen (secondary N) is 1. The zero-order valence-corrected chi connectivity index (χ0v) is 10.4. The summed E-state index contributed by atoms with van der Waals surface area (Å²) in [4.78, 5) is 3.21. The number of rotatable bonds is 3. The second-order valence-corrected chi connectivity index (χ2v) is 6.33. The Morgan fingerprint density at radius 3 is 2.93 bits per heavy atom. The quantitative estimate of drug-likeness (QED) is 0.826. The minimum Gasteiger partial charge on any atom is -0.306 e. The second-order valence-electron chi connectivity index (χ2n) is 5.16. The van der Waals surface area contributed by atoms with E-state index >= 15 is 0 Å². The predicted molar refractivity (Wildman–Crippen MR) is 65.5 cm³/mol. The van der Waals surface area contributed by atoms with Crippen molar-refractivity contribution in [1.82, 2.24) is 5.32 Å². The Labute approximate surface area is 95.9 Å². The molecule has 0 radical (unpaired) electrons. The lowest BCUT2D eigenvalue weighted by molar-refractivity contribution is 0.558. The summed E-state index contributed by atoms with van der Waals surface area (Å²) in [5.74, 6) is 0.902. The van der Waals surface area contributed by atoms with Crippen LogP contribution < -0.4 is 5.32 Å². The molecule has 2 heteroatoms. The van der Waals surface area contributed by atoms with Gasteiger partial charge in [0.2, 0.25) is 0 Å². The van der Waals surface area contributed by atoms with Gasteiger partial charge in [0.05, 0.1) is 0 Å². The highest BCUT2D eigenvalue weighted by molar-refractivity contribution is 7.12. The van der Waals surface area contributed by atoms with Crippen LogP contribution in [0.25, 0.3) is 0 Å². The van der Waals surface area contributed by atoms with Gasteiger partial charge in [0.15, 0.2) is 0 Å². The lowest BCUT2D eigenvalue weighted by Crippen LogP contribution is -2.21. The van der Waals surface area contributed by atoms with Gasteiger partial charge in [-0.25, -0.2) is 0 Å². The maximum atomic E-state index is 3.72. The lowest BCUT2D eigenvalue weighted by Gasteiger charge is -2.11. The molecule has 1 aromatic rings. The standard InChI is InChI=1S/C13H19NS/c1-8-6-11(8)14-9(2)13-7-10-4-3-5-12(10)15-13/h7-9,11,14H,3-6H2,1-2H3. The molecular weight excluding hydrogens is 202 g/mol. The molecule has 0 spiro atoms. The first-order valence-electron chi connectivity index (χ1n) is 6.11. The molecule has 1 saturated carbocycles. The molecule has 3 unspecified atom stereocenters. The van der Waals surface area contributed by atoms with Crippen LogP contribution in [0.3, 0.4) is 0 Å².